The maximum atomic E-state index is 10.3. The summed E-state index contributed by atoms with van der Waals surface area (Å²) < 4.78 is 5.05. The molecular formula is C6H12ClNO3. The normalized spacial score (nSPS) is 29.5. The van der Waals surface area contributed by atoms with Gasteiger partial charge in [-0.05, 0) is 12.8 Å². The van der Waals surface area contributed by atoms with Crippen molar-refractivity contribution >= 4 is 18.4 Å². The lowest BCUT2D eigenvalue weighted by Crippen LogP contribution is -2.24. The first-order valence-electron chi connectivity index (χ1n) is 3.32. The largest absolute Gasteiger partial charge is 0.479 e. The Labute approximate surface area is 71.1 Å². The highest BCUT2D eigenvalue weighted by Crippen LogP contribution is 2.18. The number of ether oxygens (including phenoxy) is 1. The molecule has 0 aromatic heterocycles. The van der Waals surface area contributed by atoms with Crippen LogP contribution in [-0.2, 0) is 9.53 Å². The Morgan fingerprint density at radius 2 is 2.27 bits per heavy atom. The van der Waals surface area contributed by atoms with Gasteiger partial charge in [0.15, 0.2) is 6.10 Å². The van der Waals surface area contributed by atoms with E-state index in [-0.39, 0.29) is 18.5 Å². The summed E-state index contributed by atoms with van der Waals surface area (Å²) in [5, 5.41) is 8.46. The van der Waals surface area contributed by atoms with Crippen molar-refractivity contribution in [1.29, 1.82) is 0 Å². The van der Waals surface area contributed by atoms with Crippen molar-refractivity contribution in [3.05, 3.63) is 0 Å². The molecular weight excluding hydrogens is 170 g/mol. The lowest BCUT2D eigenvalue weighted by atomic mass is 10.2. The number of nitrogens with two attached hydrogens (primary N) is 1. The van der Waals surface area contributed by atoms with Crippen molar-refractivity contribution in [3.8, 4) is 0 Å². The molecule has 11 heavy (non-hydrogen) atoms. The summed E-state index contributed by atoms with van der Waals surface area (Å²) in [6.45, 7) is 0.420. The first-order chi connectivity index (χ1) is 4.74. The predicted molar refractivity (Wildman–Crippen MR) is 41.8 cm³/mol. The van der Waals surface area contributed by atoms with Crippen LogP contribution in [0.5, 0.6) is 0 Å². The molecule has 0 radical (unpaired) electrons. The molecule has 3 N–H and O–H groups in total. The zero-order valence-electron chi connectivity index (χ0n) is 6.03. The van der Waals surface area contributed by atoms with E-state index in [9.17, 15) is 4.79 Å². The molecule has 66 valence electrons. The Balaban J connectivity index is 0.000001000. The molecule has 0 aromatic rings. The standard InChI is InChI=1S/C6H11NO3.ClH/c7-3-4-1-2-5(10-4)6(8)9;/h4-5H,1-3,7H2,(H,8,9);1H/t4-,5+;/m1./s1. The van der Waals surface area contributed by atoms with Gasteiger partial charge in [0, 0.05) is 6.54 Å². The third-order valence-electron chi connectivity index (χ3n) is 1.65. The number of rotatable bonds is 2. The molecule has 1 aliphatic rings. The topological polar surface area (TPSA) is 72.6 Å². The molecule has 1 heterocycles. The smallest absolute Gasteiger partial charge is 0.332 e. The van der Waals surface area contributed by atoms with Crippen molar-refractivity contribution < 1.29 is 14.6 Å². The van der Waals surface area contributed by atoms with E-state index < -0.39 is 12.1 Å². The lowest BCUT2D eigenvalue weighted by Gasteiger charge is -2.06. The van der Waals surface area contributed by atoms with Crippen molar-refractivity contribution in [2.45, 2.75) is 25.0 Å². The third kappa shape index (κ3) is 2.65. The third-order valence-corrected chi connectivity index (χ3v) is 1.65. The summed E-state index contributed by atoms with van der Waals surface area (Å²) in [5.74, 6) is -0.879. The van der Waals surface area contributed by atoms with Gasteiger partial charge in [-0.25, -0.2) is 4.79 Å². The Bertz CT molecular complexity index is 142. The number of carboxylic acid groups (broad SMARTS) is 1. The van der Waals surface area contributed by atoms with E-state index in [0.717, 1.165) is 6.42 Å². The number of hydrogen-bond acceptors (Lipinski definition) is 3. The highest BCUT2D eigenvalue weighted by molar-refractivity contribution is 5.85. The molecule has 5 heteroatoms. The molecule has 1 fully saturated rings. The molecule has 0 unspecified atom stereocenters. The molecule has 0 amide bonds. The zero-order valence-corrected chi connectivity index (χ0v) is 6.84. The maximum Gasteiger partial charge on any atom is 0.332 e. The fourth-order valence-electron chi connectivity index (χ4n) is 1.06. The van der Waals surface area contributed by atoms with E-state index in [1.807, 2.05) is 0 Å². The van der Waals surface area contributed by atoms with Gasteiger partial charge < -0.3 is 15.6 Å². The molecule has 1 rings (SSSR count). The van der Waals surface area contributed by atoms with Crippen LogP contribution in [0.3, 0.4) is 0 Å². The van der Waals surface area contributed by atoms with Gasteiger partial charge in [0.05, 0.1) is 6.10 Å². The van der Waals surface area contributed by atoms with Gasteiger partial charge in [-0.3, -0.25) is 0 Å². The van der Waals surface area contributed by atoms with E-state index in [2.05, 4.69) is 0 Å². The minimum absolute atomic E-state index is 0. The number of carbonyl (C=O) groups is 1. The highest BCUT2D eigenvalue weighted by atomic mass is 35.5. The second-order valence-electron chi connectivity index (χ2n) is 2.40. The van der Waals surface area contributed by atoms with Gasteiger partial charge in [-0.1, -0.05) is 0 Å². The zero-order chi connectivity index (χ0) is 7.56. The highest BCUT2D eigenvalue weighted by Gasteiger charge is 2.29. The van der Waals surface area contributed by atoms with Crippen LogP contribution >= 0.6 is 12.4 Å². The van der Waals surface area contributed by atoms with Crippen molar-refractivity contribution in [1.82, 2.24) is 0 Å². The summed E-state index contributed by atoms with van der Waals surface area (Å²) in [5.41, 5.74) is 5.28. The average Bonchev–Trinajstić information content (AvgIpc) is 2.34. The summed E-state index contributed by atoms with van der Waals surface area (Å²) in [7, 11) is 0. The van der Waals surface area contributed by atoms with E-state index in [0.29, 0.717) is 13.0 Å². The first kappa shape index (κ1) is 10.7. The van der Waals surface area contributed by atoms with Gasteiger partial charge in [0.1, 0.15) is 0 Å². The van der Waals surface area contributed by atoms with Crippen LogP contribution < -0.4 is 5.73 Å². The first-order valence-corrected chi connectivity index (χ1v) is 3.32. The SMILES string of the molecule is Cl.NC[C@H]1CC[C@@H](C(=O)O)O1. The van der Waals surface area contributed by atoms with Gasteiger partial charge in [-0.15, -0.1) is 12.4 Å². The number of aliphatic carboxylic acids is 1. The molecule has 0 saturated carbocycles. The second kappa shape index (κ2) is 4.54. The molecule has 0 aliphatic carbocycles. The summed E-state index contributed by atoms with van der Waals surface area (Å²) in [6.07, 6.45) is 0.708. The fraction of sp³-hybridized carbons (Fsp3) is 0.833. The minimum Gasteiger partial charge on any atom is -0.479 e. The monoisotopic (exact) mass is 181 g/mol. The Hall–Kier alpha value is -0.320. The molecule has 4 nitrogen and oxygen atoms in total. The van der Waals surface area contributed by atoms with Gasteiger partial charge in [0.2, 0.25) is 0 Å². The van der Waals surface area contributed by atoms with Gasteiger partial charge in [0.25, 0.3) is 0 Å². The summed E-state index contributed by atoms with van der Waals surface area (Å²) in [4.78, 5) is 10.3. The maximum absolute atomic E-state index is 10.3. The Morgan fingerprint density at radius 1 is 1.64 bits per heavy atom. The van der Waals surface area contributed by atoms with Crippen LogP contribution in [0.2, 0.25) is 0 Å². The quantitative estimate of drug-likeness (QED) is 0.629. The van der Waals surface area contributed by atoms with Crippen molar-refractivity contribution in [2.75, 3.05) is 6.54 Å². The van der Waals surface area contributed by atoms with Crippen LogP contribution in [0.15, 0.2) is 0 Å². The molecule has 2 atom stereocenters. The number of carboxylic acids is 1. The van der Waals surface area contributed by atoms with E-state index in [1.165, 1.54) is 0 Å². The van der Waals surface area contributed by atoms with E-state index in [1.54, 1.807) is 0 Å². The van der Waals surface area contributed by atoms with Crippen molar-refractivity contribution in [2.24, 2.45) is 5.73 Å². The predicted octanol–water partition coefficient (Wildman–Crippen LogP) is -0.000900. The van der Waals surface area contributed by atoms with Crippen LogP contribution in [0, 0.1) is 0 Å². The van der Waals surface area contributed by atoms with Crippen LogP contribution in [0.1, 0.15) is 12.8 Å². The summed E-state index contributed by atoms with van der Waals surface area (Å²) in [6, 6.07) is 0. The van der Waals surface area contributed by atoms with Gasteiger partial charge >= 0.3 is 5.97 Å². The lowest BCUT2D eigenvalue weighted by molar-refractivity contribution is -0.149. The Morgan fingerprint density at radius 3 is 2.55 bits per heavy atom. The fourth-order valence-corrected chi connectivity index (χ4v) is 1.06. The summed E-state index contributed by atoms with van der Waals surface area (Å²) >= 11 is 0. The molecule has 0 bridgehead atoms. The molecule has 0 aromatic carbocycles. The molecule has 0 spiro atoms. The molecule has 1 aliphatic heterocycles. The molecule has 1 saturated heterocycles. The van der Waals surface area contributed by atoms with Crippen LogP contribution in [0.25, 0.3) is 0 Å². The average molecular weight is 182 g/mol. The second-order valence-corrected chi connectivity index (χ2v) is 2.40. The van der Waals surface area contributed by atoms with E-state index in [4.69, 9.17) is 15.6 Å². The van der Waals surface area contributed by atoms with Gasteiger partial charge in [-0.2, -0.15) is 0 Å². The van der Waals surface area contributed by atoms with E-state index >= 15 is 0 Å². The van der Waals surface area contributed by atoms with Crippen molar-refractivity contribution in [3.63, 3.8) is 0 Å². The minimum atomic E-state index is -0.879. The van der Waals surface area contributed by atoms with Crippen LogP contribution in [0.4, 0.5) is 0 Å². The number of halogens is 1. The number of hydrogen-bond donors (Lipinski definition) is 2. The Kier molecular flexibility index (Phi) is 4.40. The van der Waals surface area contributed by atoms with Crippen LogP contribution in [-0.4, -0.2) is 29.8 Å².